The minimum atomic E-state index is -0.214. The number of amides is 1. The van der Waals surface area contributed by atoms with Gasteiger partial charge in [0, 0.05) is 30.4 Å². The van der Waals surface area contributed by atoms with Gasteiger partial charge in [0.2, 0.25) is 5.91 Å². The van der Waals surface area contributed by atoms with Gasteiger partial charge < -0.3 is 10.2 Å². The van der Waals surface area contributed by atoms with Gasteiger partial charge in [-0.15, -0.1) is 0 Å². The Balaban J connectivity index is 1.42. The van der Waals surface area contributed by atoms with Gasteiger partial charge in [0.15, 0.2) is 0 Å². The summed E-state index contributed by atoms with van der Waals surface area (Å²) in [7, 11) is 0. The van der Waals surface area contributed by atoms with E-state index in [0.29, 0.717) is 5.56 Å². The van der Waals surface area contributed by atoms with Gasteiger partial charge in [0.25, 0.3) is 0 Å². The number of rotatable bonds is 4. The van der Waals surface area contributed by atoms with Crippen molar-refractivity contribution in [1.82, 2.24) is 0 Å². The van der Waals surface area contributed by atoms with Crippen molar-refractivity contribution in [3.63, 3.8) is 0 Å². The molecular weight excluding hydrogens is 315 g/mol. The van der Waals surface area contributed by atoms with Crippen LogP contribution in [0.4, 0.5) is 15.8 Å². The molecule has 2 fully saturated rings. The molecule has 1 saturated heterocycles. The smallest absolute Gasteiger partial charge is 0.228 e. The molecule has 1 aliphatic heterocycles. The van der Waals surface area contributed by atoms with Crippen LogP contribution in [0, 0.1) is 18.7 Å². The maximum atomic E-state index is 13.9. The van der Waals surface area contributed by atoms with Crippen molar-refractivity contribution in [2.24, 2.45) is 5.92 Å². The molecule has 0 radical (unpaired) electrons. The molecule has 1 aliphatic carbocycles. The van der Waals surface area contributed by atoms with Gasteiger partial charge in [-0.3, -0.25) is 4.79 Å². The quantitative estimate of drug-likeness (QED) is 0.892. The number of nitrogens with zero attached hydrogens (tertiary/aromatic N) is 1. The molecule has 0 spiro atoms. The van der Waals surface area contributed by atoms with Gasteiger partial charge in [-0.2, -0.15) is 0 Å². The van der Waals surface area contributed by atoms with Gasteiger partial charge in [-0.1, -0.05) is 18.2 Å². The first-order chi connectivity index (χ1) is 12.1. The maximum Gasteiger partial charge on any atom is 0.228 e. The molecule has 2 unspecified atom stereocenters. The third kappa shape index (κ3) is 3.26. The van der Waals surface area contributed by atoms with Crippen LogP contribution in [0.25, 0.3) is 0 Å². The summed E-state index contributed by atoms with van der Waals surface area (Å²) in [5.74, 6) is -0.348. The predicted molar refractivity (Wildman–Crippen MR) is 98.5 cm³/mol. The third-order valence-electron chi connectivity index (χ3n) is 5.37. The van der Waals surface area contributed by atoms with Crippen molar-refractivity contribution >= 4 is 17.3 Å². The van der Waals surface area contributed by atoms with E-state index in [0.717, 1.165) is 30.8 Å². The highest BCUT2D eigenvalue weighted by Gasteiger charge is 2.45. The minimum absolute atomic E-state index is 0.00498. The fourth-order valence-corrected chi connectivity index (χ4v) is 3.79. The summed E-state index contributed by atoms with van der Waals surface area (Å²) >= 11 is 0. The van der Waals surface area contributed by atoms with Crippen molar-refractivity contribution in [3.8, 4) is 0 Å². The molecule has 2 atom stereocenters. The van der Waals surface area contributed by atoms with E-state index in [1.54, 1.807) is 12.1 Å². The number of aryl methyl sites for hydroxylation is 1. The number of carbonyl (C=O) groups is 1. The molecule has 130 valence electrons. The molecule has 25 heavy (non-hydrogen) atoms. The van der Waals surface area contributed by atoms with Gasteiger partial charge in [0.1, 0.15) is 5.82 Å². The molecule has 2 aromatic carbocycles. The second-order valence-corrected chi connectivity index (χ2v) is 7.15. The fourth-order valence-electron chi connectivity index (χ4n) is 3.79. The van der Waals surface area contributed by atoms with Crippen molar-refractivity contribution in [2.75, 3.05) is 23.3 Å². The third-order valence-corrected chi connectivity index (χ3v) is 5.37. The lowest BCUT2D eigenvalue weighted by molar-refractivity contribution is -0.117. The monoisotopic (exact) mass is 338 g/mol. The molecule has 4 heteroatoms. The Labute approximate surface area is 147 Å². The van der Waals surface area contributed by atoms with E-state index in [9.17, 15) is 9.18 Å². The number of anilines is 2. The standard InChI is InChI=1S/C21H23FN2O/c1-14-12-15(24-10-4-5-11-24)8-9-20(14)23-21(25)18-13-17(18)16-6-2-3-7-19(16)22/h2-3,6-9,12,17-18H,4-5,10-11,13H2,1H3,(H,23,25). The summed E-state index contributed by atoms with van der Waals surface area (Å²) in [4.78, 5) is 14.9. The van der Waals surface area contributed by atoms with Crippen molar-refractivity contribution < 1.29 is 9.18 Å². The maximum absolute atomic E-state index is 13.9. The molecule has 1 saturated carbocycles. The van der Waals surface area contributed by atoms with E-state index in [-0.39, 0.29) is 23.6 Å². The number of benzene rings is 2. The van der Waals surface area contributed by atoms with Crippen molar-refractivity contribution in [1.29, 1.82) is 0 Å². The zero-order chi connectivity index (χ0) is 17.4. The first-order valence-electron chi connectivity index (χ1n) is 9.04. The molecule has 0 aromatic heterocycles. The molecule has 1 N–H and O–H groups in total. The number of hydrogen-bond acceptors (Lipinski definition) is 2. The lowest BCUT2D eigenvalue weighted by Crippen LogP contribution is -2.18. The van der Waals surface area contributed by atoms with Gasteiger partial charge in [-0.05, 0) is 67.5 Å². The lowest BCUT2D eigenvalue weighted by atomic mass is 10.1. The summed E-state index contributed by atoms with van der Waals surface area (Å²) in [6, 6.07) is 13.0. The van der Waals surface area contributed by atoms with Crippen LogP contribution >= 0.6 is 0 Å². The predicted octanol–water partition coefficient (Wildman–Crippen LogP) is 4.48. The van der Waals surface area contributed by atoms with Crippen LogP contribution in [-0.2, 0) is 4.79 Å². The van der Waals surface area contributed by atoms with E-state index >= 15 is 0 Å². The van der Waals surface area contributed by atoms with Crippen LogP contribution in [0.15, 0.2) is 42.5 Å². The van der Waals surface area contributed by atoms with E-state index in [2.05, 4.69) is 22.3 Å². The van der Waals surface area contributed by atoms with Gasteiger partial charge in [0.05, 0.1) is 0 Å². The molecule has 0 bridgehead atoms. The number of halogens is 1. The second-order valence-electron chi connectivity index (χ2n) is 7.15. The Morgan fingerprint density at radius 3 is 2.64 bits per heavy atom. The van der Waals surface area contributed by atoms with E-state index in [4.69, 9.17) is 0 Å². The van der Waals surface area contributed by atoms with E-state index < -0.39 is 0 Å². The first-order valence-corrected chi connectivity index (χ1v) is 9.04. The Bertz CT molecular complexity index is 798. The van der Waals surface area contributed by atoms with E-state index in [1.165, 1.54) is 24.6 Å². The number of carbonyl (C=O) groups excluding carboxylic acids is 1. The molecule has 2 aromatic rings. The summed E-state index contributed by atoms with van der Waals surface area (Å²) in [5.41, 5.74) is 3.81. The Morgan fingerprint density at radius 1 is 1.16 bits per heavy atom. The average Bonchev–Trinajstić information content (AvgIpc) is 3.21. The zero-order valence-corrected chi connectivity index (χ0v) is 14.5. The first kappa shape index (κ1) is 16.1. The normalized spacial score (nSPS) is 22.1. The van der Waals surface area contributed by atoms with Crippen molar-refractivity contribution in [3.05, 3.63) is 59.4 Å². The molecule has 1 heterocycles. The topological polar surface area (TPSA) is 32.3 Å². The molecule has 3 nitrogen and oxygen atoms in total. The number of hydrogen-bond donors (Lipinski definition) is 1. The highest BCUT2D eigenvalue weighted by Crippen LogP contribution is 2.48. The Hall–Kier alpha value is -2.36. The number of nitrogens with one attached hydrogen (secondary N) is 1. The minimum Gasteiger partial charge on any atom is -0.372 e. The fraction of sp³-hybridized carbons (Fsp3) is 0.381. The summed E-state index contributed by atoms with van der Waals surface area (Å²) < 4.78 is 13.9. The van der Waals surface area contributed by atoms with Crippen LogP contribution in [0.5, 0.6) is 0 Å². The highest BCUT2D eigenvalue weighted by molar-refractivity contribution is 5.96. The van der Waals surface area contributed by atoms with Crippen LogP contribution < -0.4 is 10.2 Å². The molecule has 4 rings (SSSR count). The Morgan fingerprint density at radius 2 is 1.92 bits per heavy atom. The SMILES string of the molecule is Cc1cc(N2CCCC2)ccc1NC(=O)C1CC1c1ccccc1F. The van der Waals surface area contributed by atoms with Gasteiger partial charge in [-0.25, -0.2) is 4.39 Å². The molecule has 1 amide bonds. The zero-order valence-electron chi connectivity index (χ0n) is 14.5. The average molecular weight is 338 g/mol. The van der Waals surface area contributed by atoms with Crippen LogP contribution in [-0.4, -0.2) is 19.0 Å². The van der Waals surface area contributed by atoms with E-state index in [1.807, 2.05) is 19.1 Å². The lowest BCUT2D eigenvalue weighted by Gasteiger charge is -2.19. The summed E-state index contributed by atoms with van der Waals surface area (Å²) in [6.07, 6.45) is 3.21. The molecular formula is C21H23FN2O. The van der Waals surface area contributed by atoms with Crippen LogP contribution in [0.1, 0.15) is 36.3 Å². The highest BCUT2D eigenvalue weighted by atomic mass is 19.1. The largest absolute Gasteiger partial charge is 0.372 e. The van der Waals surface area contributed by atoms with Crippen molar-refractivity contribution in [2.45, 2.75) is 32.1 Å². The molecule has 2 aliphatic rings. The summed E-state index contributed by atoms with van der Waals surface area (Å²) in [5, 5.41) is 3.03. The van der Waals surface area contributed by atoms with Crippen LogP contribution in [0.2, 0.25) is 0 Å². The van der Waals surface area contributed by atoms with Crippen LogP contribution in [0.3, 0.4) is 0 Å². The van der Waals surface area contributed by atoms with Gasteiger partial charge >= 0.3 is 0 Å². The second kappa shape index (κ2) is 6.51. The Kier molecular flexibility index (Phi) is 4.20. The summed E-state index contributed by atoms with van der Waals surface area (Å²) in [6.45, 7) is 4.24.